The summed E-state index contributed by atoms with van der Waals surface area (Å²) in [7, 11) is 0. The molecular weight excluding hydrogens is 304 g/mol. The van der Waals surface area contributed by atoms with Crippen LogP contribution in [-0.4, -0.2) is 28.9 Å². The summed E-state index contributed by atoms with van der Waals surface area (Å²) in [5.41, 5.74) is 2.37. The van der Waals surface area contributed by atoms with Gasteiger partial charge in [0.2, 0.25) is 0 Å². The van der Waals surface area contributed by atoms with E-state index in [0.717, 1.165) is 23.7 Å². The summed E-state index contributed by atoms with van der Waals surface area (Å²) in [5.74, 6) is 1.94. The van der Waals surface area contributed by atoms with Gasteiger partial charge >= 0.3 is 0 Å². The summed E-state index contributed by atoms with van der Waals surface area (Å²) >= 11 is 1.91. The molecule has 0 saturated carbocycles. The third-order valence-electron chi connectivity index (χ3n) is 4.12. The van der Waals surface area contributed by atoms with Crippen LogP contribution in [0.5, 0.6) is 5.75 Å². The lowest BCUT2D eigenvalue weighted by atomic mass is 10.0. The number of hydrogen-bond donors (Lipinski definition) is 1. The first-order valence-corrected chi connectivity index (χ1v) is 9.92. The highest BCUT2D eigenvalue weighted by molar-refractivity contribution is 7.97. The van der Waals surface area contributed by atoms with Crippen LogP contribution < -0.4 is 10.1 Å². The van der Waals surface area contributed by atoms with Crippen molar-refractivity contribution in [1.82, 2.24) is 4.31 Å². The molecule has 130 valence electrons. The first kappa shape index (κ1) is 18.5. The minimum Gasteiger partial charge on any atom is -0.485 e. The van der Waals surface area contributed by atoms with Crippen molar-refractivity contribution in [3.05, 3.63) is 23.8 Å². The topological polar surface area (TPSA) is 24.5 Å². The number of nitrogens with one attached hydrogen (secondary N) is 1. The molecule has 0 aliphatic carbocycles. The molecule has 1 aromatic carbocycles. The lowest BCUT2D eigenvalue weighted by molar-refractivity contribution is 0.139. The first-order chi connectivity index (χ1) is 11.1. The van der Waals surface area contributed by atoms with Crippen LogP contribution in [0.4, 0.5) is 5.69 Å². The van der Waals surface area contributed by atoms with Crippen LogP contribution in [0.25, 0.3) is 0 Å². The number of benzene rings is 1. The quantitative estimate of drug-likeness (QED) is 0.461. The number of fused-ring (bicyclic) bond motifs is 1. The summed E-state index contributed by atoms with van der Waals surface area (Å²) in [6.45, 7) is 11.2. The molecule has 0 unspecified atom stereocenters. The molecule has 4 heteroatoms. The van der Waals surface area contributed by atoms with Crippen molar-refractivity contribution >= 4 is 17.6 Å². The molecule has 2 rings (SSSR count). The van der Waals surface area contributed by atoms with Crippen molar-refractivity contribution in [1.29, 1.82) is 0 Å². The van der Waals surface area contributed by atoms with E-state index in [-0.39, 0.29) is 5.60 Å². The Hall–Kier alpha value is -0.870. The number of unbranched alkanes of at least 4 members (excludes halogenated alkanes) is 2. The molecule has 23 heavy (non-hydrogen) atoms. The molecule has 0 radical (unpaired) electrons. The van der Waals surface area contributed by atoms with Crippen molar-refractivity contribution in [2.75, 3.05) is 24.3 Å². The van der Waals surface area contributed by atoms with Gasteiger partial charge in [0.25, 0.3) is 0 Å². The molecule has 3 nitrogen and oxygen atoms in total. The maximum absolute atomic E-state index is 6.13. The molecule has 0 bridgehead atoms. The fourth-order valence-electron chi connectivity index (χ4n) is 2.87. The molecule has 1 heterocycles. The van der Waals surface area contributed by atoms with Gasteiger partial charge in [0, 0.05) is 25.1 Å². The van der Waals surface area contributed by atoms with Gasteiger partial charge in [-0.05, 0) is 32.8 Å². The van der Waals surface area contributed by atoms with Gasteiger partial charge in [0.1, 0.15) is 11.4 Å². The summed E-state index contributed by atoms with van der Waals surface area (Å²) in [6.07, 6.45) is 6.05. The average Bonchev–Trinajstić information content (AvgIpc) is 2.84. The van der Waals surface area contributed by atoms with E-state index in [1.165, 1.54) is 44.3 Å². The second kappa shape index (κ2) is 8.84. The van der Waals surface area contributed by atoms with E-state index in [9.17, 15) is 0 Å². The Morgan fingerprint density at radius 1 is 1.17 bits per heavy atom. The summed E-state index contributed by atoms with van der Waals surface area (Å²) < 4.78 is 8.64. The van der Waals surface area contributed by atoms with Gasteiger partial charge in [-0.15, -0.1) is 0 Å². The Bertz CT molecular complexity index is 482. The van der Waals surface area contributed by atoms with Crippen molar-refractivity contribution in [2.24, 2.45) is 0 Å². The molecular formula is C19H32N2OS. The molecule has 0 spiro atoms. The number of hydrogen-bond acceptors (Lipinski definition) is 4. The molecule has 1 aromatic rings. The molecule has 1 N–H and O–H groups in total. The van der Waals surface area contributed by atoms with Gasteiger partial charge in [-0.3, -0.25) is 0 Å². The fourth-order valence-corrected chi connectivity index (χ4v) is 3.78. The van der Waals surface area contributed by atoms with E-state index in [4.69, 9.17) is 4.74 Å². The smallest absolute Gasteiger partial charge is 0.146 e. The van der Waals surface area contributed by atoms with Crippen LogP contribution in [0.2, 0.25) is 0 Å². The summed E-state index contributed by atoms with van der Waals surface area (Å²) in [4.78, 5) is 0. The highest BCUT2D eigenvalue weighted by Gasteiger charge is 2.31. The Balaban J connectivity index is 1.87. The molecule has 0 amide bonds. The maximum Gasteiger partial charge on any atom is 0.146 e. The number of nitrogens with zero attached hydrogens (tertiary/aromatic N) is 1. The van der Waals surface area contributed by atoms with Crippen LogP contribution in [0.1, 0.15) is 58.9 Å². The van der Waals surface area contributed by atoms with Gasteiger partial charge in [0.15, 0.2) is 0 Å². The van der Waals surface area contributed by atoms with Gasteiger partial charge < -0.3 is 10.1 Å². The second-order valence-corrected chi connectivity index (χ2v) is 7.98. The lowest BCUT2D eigenvalue weighted by Gasteiger charge is -2.22. The summed E-state index contributed by atoms with van der Waals surface area (Å²) in [5, 5.41) is 3.56. The molecule has 1 aliphatic heterocycles. The van der Waals surface area contributed by atoms with Crippen LogP contribution in [-0.2, 0) is 6.42 Å². The van der Waals surface area contributed by atoms with Gasteiger partial charge in [-0.1, -0.05) is 50.8 Å². The van der Waals surface area contributed by atoms with E-state index in [1.807, 2.05) is 11.9 Å². The lowest BCUT2D eigenvalue weighted by Crippen LogP contribution is -2.25. The third-order valence-corrected chi connectivity index (χ3v) is 5.13. The average molecular weight is 337 g/mol. The zero-order valence-corrected chi connectivity index (χ0v) is 16.0. The minimum atomic E-state index is -0.0818. The van der Waals surface area contributed by atoms with E-state index < -0.39 is 0 Å². The number of anilines is 1. The Kier molecular flexibility index (Phi) is 7.09. The van der Waals surface area contributed by atoms with Gasteiger partial charge in [0.05, 0.1) is 11.6 Å². The van der Waals surface area contributed by atoms with Crippen LogP contribution >= 0.6 is 11.9 Å². The molecule has 0 atom stereocenters. The normalized spacial score (nSPS) is 15.5. The second-order valence-electron chi connectivity index (χ2n) is 6.92. The SMILES string of the molecule is CCCCN(CCCC)SCNc1cccc2c1OC(C)(C)C2. The van der Waals surface area contributed by atoms with Crippen LogP contribution in [0.3, 0.4) is 0 Å². The zero-order chi connectivity index (χ0) is 16.7. The highest BCUT2D eigenvalue weighted by atomic mass is 32.2. The monoisotopic (exact) mass is 336 g/mol. The van der Waals surface area contributed by atoms with Crippen LogP contribution in [0, 0.1) is 0 Å². The standard InChI is InChI=1S/C19H32N2OS/c1-5-7-12-21(13-8-6-2)23-15-20-17-11-9-10-16-14-19(3,4)22-18(16)17/h9-11,20H,5-8,12-15H2,1-4H3. The molecule has 0 aromatic heterocycles. The van der Waals surface area contributed by atoms with Gasteiger partial charge in [-0.2, -0.15) is 0 Å². The van der Waals surface area contributed by atoms with E-state index in [0.29, 0.717) is 0 Å². The van der Waals surface area contributed by atoms with Crippen molar-refractivity contribution in [2.45, 2.75) is 65.4 Å². The van der Waals surface area contributed by atoms with E-state index in [2.05, 4.69) is 55.5 Å². The van der Waals surface area contributed by atoms with Crippen molar-refractivity contribution < 1.29 is 4.74 Å². The Morgan fingerprint density at radius 2 is 1.87 bits per heavy atom. The predicted molar refractivity (Wildman–Crippen MR) is 102 cm³/mol. The molecule has 0 saturated heterocycles. The fraction of sp³-hybridized carbons (Fsp3) is 0.684. The Labute approximate surface area is 146 Å². The molecule has 1 aliphatic rings. The van der Waals surface area contributed by atoms with E-state index in [1.54, 1.807) is 0 Å². The maximum atomic E-state index is 6.13. The van der Waals surface area contributed by atoms with E-state index >= 15 is 0 Å². The predicted octanol–water partition coefficient (Wildman–Crippen LogP) is 5.32. The third kappa shape index (κ3) is 5.61. The summed E-state index contributed by atoms with van der Waals surface area (Å²) in [6, 6.07) is 6.43. The van der Waals surface area contributed by atoms with Crippen LogP contribution in [0.15, 0.2) is 18.2 Å². The molecule has 0 fully saturated rings. The zero-order valence-electron chi connectivity index (χ0n) is 15.2. The largest absolute Gasteiger partial charge is 0.485 e. The number of ether oxygens (including phenoxy) is 1. The van der Waals surface area contributed by atoms with Crippen molar-refractivity contribution in [3.63, 3.8) is 0 Å². The highest BCUT2D eigenvalue weighted by Crippen LogP contribution is 2.40. The minimum absolute atomic E-state index is 0.0818. The number of para-hydroxylation sites is 1. The first-order valence-electron chi connectivity index (χ1n) is 8.98. The van der Waals surface area contributed by atoms with Gasteiger partial charge in [-0.25, -0.2) is 4.31 Å². The number of rotatable bonds is 10. The van der Waals surface area contributed by atoms with Crippen molar-refractivity contribution in [3.8, 4) is 5.75 Å². The Morgan fingerprint density at radius 3 is 2.52 bits per heavy atom.